The first-order chi connectivity index (χ1) is 12.2. The van der Waals surface area contributed by atoms with Gasteiger partial charge in [-0.15, -0.1) is 0 Å². The first-order valence-electron chi connectivity index (χ1n) is 8.47. The Labute approximate surface area is 147 Å². The number of imidazole rings is 1. The smallest absolute Gasteiger partial charge is 0.225 e. The molecule has 0 unspecified atom stereocenters. The lowest BCUT2D eigenvalue weighted by Gasteiger charge is -2.35. The predicted molar refractivity (Wildman–Crippen MR) is 97.3 cm³/mol. The van der Waals surface area contributed by atoms with Gasteiger partial charge in [0.15, 0.2) is 0 Å². The molecule has 0 atom stereocenters. The lowest BCUT2D eigenvalue weighted by Crippen LogP contribution is -2.47. The van der Waals surface area contributed by atoms with Crippen molar-refractivity contribution in [2.75, 3.05) is 36.0 Å². The molecule has 0 aromatic carbocycles. The maximum Gasteiger partial charge on any atom is 0.225 e. The summed E-state index contributed by atoms with van der Waals surface area (Å²) in [5.74, 6) is 3.65. The van der Waals surface area contributed by atoms with Crippen LogP contribution in [0.4, 0.5) is 11.8 Å². The van der Waals surface area contributed by atoms with Crippen LogP contribution >= 0.6 is 0 Å². The standard InChI is InChI=1S/C18H21N7/c1-14-6-7-20-18(21-14)24-12-10-23(11-13-24)16-4-3-5-17(22-16)25-9-8-19-15(25)2/h3-9H,10-13H2,1-2H3. The van der Waals surface area contributed by atoms with Crippen LogP contribution in [0.3, 0.4) is 0 Å². The molecule has 3 aromatic heterocycles. The molecule has 1 aliphatic rings. The van der Waals surface area contributed by atoms with Gasteiger partial charge in [0.25, 0.3) is 0 Å². The summed E-state index contributed by atoms with van der Waals surface area (Å²) in [4.78, 5) is 22.5. The van der Waals surface area contributed by atoms with Gasteiger partial charge in [-0.2, -0.15) is 0 Å². The van der Waals surface area contributed by atoms with Crippen molar-refractivity contribution in [3.05, 3.63) is 54.4 Å². The fourth-order valence-electron chi connectivity index (χ4n) is 3.07. The summed E-state index contributed by atoms with van der Waals surface area (Å²) < 4.78 is 2.00. The lowest BCUT2D eigenvalue weighted by atomic mass is 10.3. The number of aromatic nitrogens is 5. The van der Waals surface area contributed by atoms with Crippen LogP contribution in [0.1, 0.15) is 11.5 Å². The fourth-order valence-corrected chi connectivity index (χ4v) is 3.07. The van der Waals surface area contributed by atoms with E-state index in [-0.39, 0.29) is 0 Å². The third-order valence-electron chi connectivity index (χ3n) is 4.46. The summed E-state index contributed by atoms with van der Waals surface area (Å²) in [5, 5.41) is 0. The van der Waals surface area contributed by atoms with E-state index in [1.165, 1.54) is 0 Å². The molecule has 0 aliphatic carbocycles. The Balaban J connectivity index is 1.49. The third kappa shape index (κ3) is 3.17. The van der Waals surface area contributed by atoms with Crippen LogP contribution in [0.5, 0.6) is 0 Å². The monoisotopic (exact) mass is 335 g/mol. The van der Waals surface area contributed by atoms with E-state index in [0.717, 1.165) is 55.3 Å². The summed E-state index contributed by atoms with van der Waals surface area (Å²) >= 11 is 0. The van der Waals surface area contributed by atoms with Gasteiger partial charge in [-0.25, -0.2) is 19.9 Å². The van der Waals surface area contributed by atoms with Gasteiger partial charge in [0.2, 0.25) is 5.95 Å². The van der Waals surface area contributed by atoms with Gasteiger partial charge in [-0.3, -0.25) is 4.57 Å². The highest BCUT2D eigenvalue weighted by Crippen LogP contribution is 2.18. The minimum absolute atomic E-state index is 0.815. The van der Waals surface area contributed by atoms with E-state index in [0.29, 0.717) is 0 Å². The van der Waals surface area contributed by atoms with Crippen LogP contribution < -0.4 is 9.80 Å². The molecule has 1 saturated heterocycles. The van der Waals surface area contributed by atoms with Crippen LogP contribution in [0.15, 0.2) is 42.9 Å². The van der Waals surface area contributed by atoms with Crippen LogP contribution in [0.2, 0.25) is 0 Å². The van der Waals surface area contributed by atoms with Crippen LogP contribution in [0.25, 0.3) is 5.82 Å². The Morgan fingerprint density at radius 3 is 2.28 bits per heavy atom. The average Bonchev–Trinajstić information content (AvgIpc) is 3.08. The molecule has 4 rings (SSSR count). The molecule has 0 saturated carbocycles. The Morgan fingerprint density at radius 1 is 0.800 bits per heavy atom. The minimum atomic E-state index is 0.815. The highest BCUT2D eigenvalue weighted by Gasteiger charge is 2.20. The molecule has 0 radical (unpaired) electrons. The maximum absolute atomic E-state index is 4.81. The van der Waals surface area contributed by atoms with Crippen LogP contribution in [0, 0.1) is 13.8 Å². The van der Waals surface area contributed by atoms with Gasteiger partial charge < -0.3 is 9.80 Å². The second kappa shape index (κ2) is 6.51. The number of rotatable bonds is 3. The Hall–Kier alpha value is -2.96. The first-order valence-corrected chi connectivity index (χ1v) is 8.47. The van der Waals surface area contributed by atoms with Crippen molar-refractivity contribution in [1.82, 2.24) is 24.5 Å². The van der Waals surface area contributed by atoms with Crippen molar-refractivity contribution in [2.24, 2.45) is 0 Å². The molecule has 3 aromatic rings. The number of anilines is 2. The molecule has 0 bridgehead atoms. The molecular formula is C18H21N7. The first kappa shape index (κ1) is 15.6. The summed E-state index contributed by atoms with van der Waals surface area (Å²) in [6.45, 7) is 7.55. The van der Waals surface area contributed by atoms with Crippen molar-refractivity contribution in [3.8, 4) is 5.82 Å². The minimum Gasteiger partial charge on any atom is -0.353 e. The summed E-state index contributed by atoms with van der Waals surface area (Å²) in [5.41, 5.74) is 0.998. The molecule has 128 valence electrons. The van der Waals surface area contributed by atoms with Gasteiger partial charge in [-0.1, -0.05) is 6.07 Å². The third-order valence-corrected chi connectivity index (χ3v) is 4.46. The largest absolute Gasteiger partial charge is 0.353 e. The second-order valence-electron chi connectivity index (χ2n) is 6.17. The van der Waals surface area contributed by atoms with Crippen LogP contribution in [-0.2, 0) is 0 Å². The fraction of sp³-hybridized carbons (Fsp3) is 0.333. The van der Waals surface area contributed by atoms with Crippen LogP contribution in [-0.4, -0.2) is 50.7 Å². The quantitative estimate of drug-likeness (QED) is 0.729. The zero-order valence-electron chi connectivity index (χ0n) is 14.5. The number of nitrogens with zero attached hydrogens (tertiary/aromatic N) is 7. The highest BCUT2D eigenvalue weighted by molar-refractivity contribution is 5.45. The summed E-state index contributed by atoms with van der Waals surface area (Å²) in [6, 6.07) is 8.05. The molecule has 7 heteroatoms. The average molecular weight is 335 g/mol. The number of pyridine rings is 1. The van der Waals surface area contributed by atoms with Gasteiger partial charge in [-0.05, 0) is 32.0 Å². The molecule has 1 fully saturated rings. The molecule has 4 heterocycles. The highest BCUT2D eigenvalue weighted by atomic mass is 15.3. The molecule has 7 nitrogen and oxygen atoms in total. The van der Waals surface area contributed by atoms with E-state index in [4.69, 9.17) is 4.98 Å². The van der Waals surface area contributed by atoms with Gasteiger partial charge in [0.1, 0.15) is 17.5 Å². The number of aryl methyl sites for hydroxylation is 2. The molecule has 1 aliphatic heterocycles. The Kier molecular flexibility index (Phi) is 4.05. The van der Waals surface area contributed by atoms with Crippen molar-refractivity contribution in [1.29, 1.82) is 0 Å². The predicted octanol–water partition coefficient (Wildman–Crippen LogP) is 2.00. The number of hydrogen-bond acceptors (Lipinski definition) is 6. The zero-order chi connectivity index (χ0) is 17.2. The molecule has 0 amide bonds. The molecule has 0 spiro atoms. The van der Waals surface area contributed by atoms with E-state index < -0.39 is 0 Å². The van der Waals surface area contributed by atoms with Crippen molar-refractivity contribution < 1.29 is 0 Å². The SMILES string of the molecule is Cc1ccnc(N2CCN(c3cccc(-n4ccnc4C)n3)CC2)n1. The van der Waals surface area contributed by atoms with Gasteiger partial charge in [0, 0.05) is 50.5 Å². The maximum atomic E-state index is 4.81. The lowest BCUT2D eigenvalue weighted by molar-refractivity contribution is 0.633. The van der Waals surface area contributed by atoms with E-state index in [9.17, 15) is 0 Å². The van der Waals surface area contributed by atoms with Gasteiger partial charge >= 0.3 is 0 Å². The normalized spacial score (nSPS) is 14.8. The Bertz CT molecular complexity index is 865. The second-order valence-corrected chi connectivity index (χ2v) is 6.17. The van der Waals surface area contributed by atoms with E-state index >= 15 is 0 Å². The van der Waals surface area contributed by atoms with E-state index in [1.807, 2.05) is 49.0 Å². The number of piperazine rings is 1. The zero-order valence-corrected chi connectivity index (χ0v) is 14.5. The van der Waals surface area contributed by atoms with Crippen molar-refractivity contribution in [3.63, 3.8) is 0 Å². The number of hydrogen-bond donors (Lipinski definition) is 0. The van der Waals surface area contributed by atoms with Crippen molar-refractivity contribution >= 4 is 11.8 Å². The Morgan fingerprint density at radius 2 is 1.56 bits per heavy atom. The van der Waals surface area contributed by atoms with Gasteiger partial charge in [0.05, 0.1) is 0 Å². The van der Waals surface area contributed by atoms with E-state index in [1.54, 1.807) is 6.20 Å². The van der Waals surface area contributed by atoms with Crippen molar-refractivity contribution in [2.45, 2.75) is 13.8 Å². The molecule has 0 N–H and O–H groups in total. The summed E-state index contributed by atoms with van der Waals surface area (Å²) in [6.07, 6.45) is 5.56. The summed E-state index contributed by atoms with van der Waals surface area (Å²) in [7, 11) is 0. The molecular weight excluding hydrogens is 314 g/mol. The van der Waals surface area contributed by atoms with E-state index in [2.05, 4.69) is 30.8 Å². The molecule has 25 heavy (non-hydrogen) atoms. The topological polar surface area (TPSA) is 63.0 Å².